The van der Waals surface area contributed by atoms with Crippen molar-refractivity contribution in [2.24, 2.45) is 5.41 Å². The van der Waals surface area contributed by atoms with Gasteiger partial charge in [-0.2, -0.15) is 5.10 Å². The summed E-state index contributed by atoms with van der Waals surface area (Å²) in [5, 5.41) is 6.05. The molecule has 0 unspecified atom stereocenters. The lowest BCUT2D eigenvalue weighted by Gasteiger charge is -2.36. The third-order valence-electron chi connectivity index (χ3n) is 11.9. The summed E-state index contributed by atoms with van der Waals surface area (Å²) in [4.78, 5) is 35.8. The summed E-state index contributed by atoms with van der Waals surface area (Å²) in [6, 6.07) is 5.87. The van der Waals surface area contributed by atoms with Gasteiger partial charge in [0.05, 0.1) is 18.1 Å². The molecular weight excluding hydrogens is 676 g/mol. The maximum Gasteiger partial charge on any atom is 0.264 e. The lowest BCUT2D eigenvalue weighted by Crippen LogP contribution is -2.44. The molecule has 8 rings (SSSR count). The van der Waals surface area contributed by atoms with Gasteiger partial charge in [-0.05, 0) is 81.7 Å². The number of anilines is 2. The zero-order valence-electron chi connectivity index (χ0n) is 30.8. The van der Waals surface area contributed by atoms with E-state index in [2.05, 4.69) is 25.1 Å². The lowest BCUT2D eigenvalue weighted by atomic mass is 9.91. The number of hydrogen-bond donors (Lipinski definition) is 0. The van der Waals surface area contributed by atoms with Crippen molar-refractivity contribution in [3.63, 3.8) is 0 Å². The number of benzene rings is 1. The quantitative estimate of drug-likeness (QED) is 0.199. The molecular formula is C41H47F2N7O3. The average molecular weight is 724 g/mol. The predicted molar refractivity (Wildman–Crippen MR) is 199 cm³/mol. The van der Waals surface area contributed by atoms with Crippen LogP contribution >= 0.6 is 0 Å². The number of aromatic nitrogens is 4. The number of hydrogen-bond acceptors (Lipinski definition) is 6. The maximum atomic E-state index is 15.3. The monoisotopic (exact) mass is 723 g/mol. The number of terminal acetylenes is 1. The van der Waals surface area contributed by atoms with Gasteiger partial charge in [0.25, 0.3) is 6.43 Å². The maximum absolute atomic E-state index is 15.3. The Morgan fingerprint density at radius 2 is 1.77 bits per heavy atom. The Hall–Kier alpha value is -4.76. The molecule has 278 valence electrons. The molecule has 4 aromatic rings. The molecule has 0 saturated carbocycles. The first kappa shape index (κ1) is 35.3. The largest absolute Gasteiger partial charge is 0.381 e. The fraction of sp³-hybridized carbons (Fsp3) is 0.512. The van der Waals surface area contributed by atoms with Crippen molar-refractivity contribution in [3.8, 4) is 23.5 Å². The van der Waals surface area contributed by atoms with E-state index in [0.717, 1.165) is 83.3 Å². The van der Waals surface area contributed by atoms with Gasteiger partial charge in [-0.1, -0.05) is 5.92 Å². The summed E-state index contributed by atoms with van der Waals surface area (Å²) in [6.45, 7) is 9.38. The van der Waals surface area contributed by atoms with Gasteiger partial charge in [-0.15, -0.1) is 6.42 Å². The minimum Gasteiger partial charge on any atom is -0.381 e. The number of alkyl halides is 2. The molecule has 7 heterocycles. The molecule has 0 spiro atoms. The van der Waals surface area contributed by atoms with Gasteiger partial charge in [0, 0.05) is 111 Å². The minimum absolute atomic E-state index is 0.0182. The van der Waals surface area contributed by atoms with E-state index in [4.69, 9.17) is 16.3 Å². The summed E-state index contributed by atoms with van der Waals surface area (Å²) < 4.78 is 40.6. The molecule has 0 aliphatic carbocycles. The average Bonchev–Trinajstić information content (AvgIpc) is 3.76. The van der Waals surface area contributed by atoms with Crippen LogP contribution in [0.15, 0.2) is 36.8 Å². The highest BCUT2D eigenvalue weighted by atomic mass is 19.3. The van der Waals surface area contributed by atoms with Gasteiger partial charge in [-0.3, -0.25) is 19.3 Å². The second kappa shape index (κ2) is 13.9. The van der Waals surface area contributed by atoms with Crippen molar-refractivity contribution in [2.75, 3.05) is 44.3 Å². The van der Waals surface area contributed by atoms with Crippen LogP contribution in [0, 0.1) is 17.8 Å². The Kier molecular flexibility index (Phi) is 9.25. The van der Waals surface area contributed by atoms with Gasteiger partial charge in [0.15, 0.2) is 5.82 Å². The van der Waals surface area contributed by atoms with Crippen LogP contribution in [0.1, 0.15) is 93.8 Å². The fourth-order valence-electron chi connectivity index (χ4n) is 8.85. The molecule has 4 aliphatic rings. The van der Waals surface area contributed by atoms with Gasteiger partial charge in [0.1, 0.15) is 5.41 Å². The van der Waals surface area contributed by atoms with Crippen molar-refractivity contribution in [1.82, 2.24) is 29.1 Å². The molecule has 3 aromatic heterocycles. The van der Waals surface area contributed by atoms with Crippen LogP contribution in [-0.4, -0.2) is 80.3 Å². The molecule has 0 N–H and O–H groups in total. The number of ether oxygens (including phenoxy) is 1. The molecule has 10 nitrogen and oxygen atoms in total. The zero-order chi connectivity index (χ0) is 37.0. The van der Waals surface area contributed by atoms with Crippen molar-refractivity contribution in [1.29, 1.82) is 0 Å². The highest BCUT2D eigenvalue weighted by Crippen LogP contribution is 2.46. The van der Waals surface area contributed by atoms with Gasteiger partial charge in [-0.25, -0.2) is 8.78 Å². The molecule has 0 radical (unpaired) electrons. The second-order valence-corrected chi connectivity index (χ2v) is 15.5. The number of amides is 2. The first-order valence-corrected chi connectivity index (χ1v) is 18.9. The Morgan fingerprint density at radius 3 is 2.49 bits per heavy atom. The number of rotatable bonds is 6. The van der Waals surface area contributed by atoms with E-state index in [9.17, 15) is 9.59 Å². The fourth-order valence-corrected chi connectivity index (χ4v) is 8.85. The van der Waals surface area contributed by atoms with Crippen LogP contribution in [0.3, 0.4) is 0 Å². The molecule has 2 amide bonds. The highest BCUT2D eigenvalue weighted by Gasteiger charge is 2.36. The summed E-state index contributed by atoms with van der Waals surface area (Å²) in [6.07, 6.45) is 13.9. The highest BCUT2D eigenvalue weighted by molar-refractivity contribution is 5.97. The Morgan fingerprint density at radius 1 is 1.00 bits per heavy atom. The molecule has 1 aromatic carbocycles. The zero-order valence-corrected chi connectivity index (χ0v) is 30.8. The van der Waals surface area contributed by atoms with E-state index in [0.29, 0.717) is 57.9 Å². The number of nitrogens with zero attached hydrogens (tertiary/aromatic N) is 7. The third kappa shape index (κ3) is 6.26. The van der Waals surface area contributed by atoms with Crippen LogP contribution in [0.5, 0.6) is 0 Å². The van der Waals surface area contributed by atoms with Gasteiger partial charge >= 0.3 is 0 Å². The van der Waals surface area contributed by atoms with E-state index < -0.39 is 11.8 Å². The number of likely N-dealkylation sites (tertiary alicyclic amines) is 1. The van der Waals surface area contributed by atoms with Crippen LogP contribution in [0.2, 0.25) is 0 Å². The van der Waals surface area contributed by atoms with Gasteiger partial charge in [0.2, 0.25) is 11.8 Å². The normalized spacial score (nSPS) is 18.7. The number of piperidine rings is 1. The molecule has 53 heavy (non-hydrogen) atoms. The van der Waals surface area contributed by atoms with Crippen molar-refractivity contribution in [2.45, 2.75) is 90.8 Å². The van der Waals surface area contributed by atoms with Crippen molar-refractivity contribution >= 4 is 34.2 Å². The lowest BCUT2D eigenvalue weighted by molar-refractivity contribution is -0.138. The molecule has 2 fully saturated rings. The molecule has 0 bridgehead atoms. The number of halogens is 2. The SMILES string of the molecule is C#CC(C)(C)C(=O)N1CCC(n2cc(-c3cc4c(cc3C(F)F)N(c3nn(C5CCOCC5)c5c3CN(C(C)=O)CC5)CCC4)c3cnccc32)CC1. The third-order valence-corrected chi connectivity index (χ3v) is 11.9. The van der Waals surface area contributed by atoms with E-state index in [1.807, 2.05) is 28.1 Å². The van der Waals surface area contributed by atoms with Crippen molar-refractivity contribution in [3.05, 3.63) is 59.2 Å². The summed E-state index contributed by atoms with van der Waals surface area (Å²) >= 11 is 0. The first-order chi connectivity index (χ1) is 25.6. The van der Waals surface area contributed by atoms with Crippen LogP contribution < -0.4 is 4.90 Å². The minimum atomic E-state index is -2.72. The van der Waals surface area contributed by atoms with E-state index >= 15 is 8.78 Å². The standard InChI is InChI=1S/C41H47F2N7O3/c1-5-41(3,4)40(52)46-16-9-28(10-17-46)49-25-33(32-23-44-14-8-35(32)49)30-21-27-7-6-15-48(37(27)22-31(30)38(42)43)39-34-24-47(26(2)51)18-11-36(34)50(45-39)29-12-19-53-20-13-29/h1,8,14,21-23,25,28-29,38H,6-7,9-13,15-20,24H2,2-4H3. The summed E-state index contributed by atoms with van der Waals surface area (Å²) in [5.74, 6) is 3.36. The molecule has 2 saturated heterocycles. The Balaban J connectivity index is 1.17. The number of carbonyl (C=O) groups is 2. The topological polar surface area (TPSA) is 88.7 Å². The number of fused-ring (bicyclic) bond motifs is 3. The summed E-state index contributed by atoms with van der Waals surface area (Å²) in [5.41, 5.74) is 5.18. The predicted octanol–water partition coefficient (Wildman–Crippen LogP) is 7.00. The van der Waals surface area contributed by atoms with E-state index in [1.54, 1.807) is 39.2 Å². The number of carbonyl (C=O) groups excluding carboxylic acids is 2. The number of pyridine rings is 1. The number of aryl methyl sites for hydroxylation is 1. The van der Waals surface area contributed by atoms with Crippen LogP contribution in [-0.2, 0) is 33.7 Å². The van der Waals surface area contributed by atoms with E-state index in [-0.39, 0.29) is 29.5 Å². The van der Waals surface area contributed by atoms with Crippen molar-refractivity contribution < 1.29 is 23.1 Å². The Bertz CT molecular complexity index is 2100. The summed E-state index contributed by atoms with van der Waals surface area (Å²) in [7, 11) is 0. The molecule has 4 aliphatic heterocycles. The molecule has 0 atom stereocenters. The first-order valence-electron chi connectivity index (χ1n) is 18.9. The smallest absolute Gasteiger partial charge is 0.264 e. The molecule has 12 heteroatoms. The van der Waals surface area contributed by atoms with E-state index in [1.165, 1.54) is 0 Å². The van der Waals surface area contributed by atoms with Crippen LogP contribution in [0.25, 0.3) is 22.0 Å². The Labute approximate surface area is 309 Å². The second-order valence-electron chi connectivity index (χ2n) is 15.5. The van der Waals surface area contributed by atoms with Crippen LogP contribution in [0.4, 0.5) is 20.3 Å². The van der Waals surface area contributed by atoms with Gasteiger partial charge < -0.3 is 24.0 Å².